The van der Waals surface area contributed by atoms with Crippen LogP contribution in [0.2, 0.25) is 0 Å². The molecule has 1 saturated heterocycles. The Balaban J connectivity index is 2.26. The summed E-state index contributed by atoms with van der Waals surface area (Å²) < 4.78 is 0.908. The average Bonchev–Trinajstić information content (AvgIpc) is 2.25. The zero-order chi connectivity index (χ0) is 11.3. The van der Waals surface area contributed by atoms with E-state index in [9.17, 15) is 5.11 Å². The molecule has 1 heterocycles. The third kappa shape index (κ3) is 4.89. The minimum atomic E-state index is -0.447. The van der Waals surface area contributed by atoms with Gasteiger partial charge in [-0.2, -0.15) is 0 Å². The molecule has 2 atom stereocenters. The largest absolute Gasteiger partial charge is 0.391 e. The highest BCUT2D eigenvalue weighted by Gasteiger charge is 2.19. The summed E-state index contributed by atoms with van der Waals surface area (Å²) in [4.78, 5) is 2.25. The Bertz CT molecular complexity index is 216. The number of hydrogen-bond donors (Lipinski definition) is 1. The molecule has 2 unspecified atom stereocenters. The zero-order valence-corrected chi connectivity index (χ0v) is 11.4. The van der Waals surface area contributed by atoms with Crippen molar-refractivity contribution in [3.05, 3.63) is 0 Å². The number of nitrogens with zero attached hydrogens (tertiary/aromatic N) is 1. The Kier molecular flexibility index (Phi) is 6.27. The molecule has 0 aromatic heterocycles. The second-order valence-corrected chi connectivity index (χ2v) is 6.04. The molecule has 1 fully saturated rings. The summed E-state index contributed by atoms with van der Waals surface area (Å²) in [7, 11) is 0. The van der Waals surface area contributed by atoms with Gasteiger partial charge >= 0.3 is 0 Å². The van der Waals surface area contributed by atoms with Gasteiger partial charge in [0.15, 0.2) is 0 Å². The Morgan fingerprint density at radius 3 is 3.07 bits per heavy atom. The van der Waals surface area contributed by atoms with Crippen LogP contribution in [0.3, 0.4) is 0 Å². The lowest BCUT2D eigenvalue weighted by molar-refractivity contribution is 0.224. The number of thiocarbonyl (C=S) groups is 1. The summed E-state index contributed by atoms with van der Waals surface area (Å²) >= 11 is 12.4. The van der Waals surface area contributed by atoms with Crippen LogP contribution in [-0.4, -0.2) is 45.2 Å². The highest BCUT2D eigenvalue weighted by Crippen LogP contribution is 2.20. The fourth-order valence-electron chi connectivity index (χ4n) is 1.66. The first-order chi connectivity index (χ1) is 7.13. The molecule has 0 aromatic carbocycles. The lowest BCUT2D eigenvalue weighted by Gasteiger charge is -2.32. The lowest BCUT2D eigenvalue weighted by Crippen LogP contribution is -2.37. The van der Waals surface area contributed by atoms with Crippen molar-refractivity contribution in [2.45, 2.75) is 25.9 Å². The zero-order valence-electron chi connectivity index (χ0n) is 8.99. The molecule has 5 heteroatoms. The fraction of sp³-hybridized carbons (Fsp3) is 0.900. The number of aliphatic hydroxyl groups is 1. The van der Waals surface area contributed by atoms with E-state index in [2.05, 4.69) is 11.8 Å². The second-order valence-electron chi connectivity index (χ2n) is 4.08. The first-order valence-corrected chi connectivity index (χ1v) is 7.22. The van der Waals surface area contributed by atoms with Crippen molar-refractivity contribution in [2.24, 2.45) is 5.92 Å². The van der Waals surface area contributed by atoms with E-state index in [4.69, 9.17) is 23.8 Å². The maximum atomic E-state index is 9.33. The highest BCUT2D eigenvalue weighted by molar-refractivity contribution is 8.22. The van der Waals surface area contributed by atoms with E-state index in [1.165, 1.54) is 12.8 Å². The van der Waals surface area contributed by atoms with E-state index in [1.807, 2.05) is 0 Å². The van der Waals surface area contributed by atoms with E-state index in [-0.39, 0.29) is 5.88 Å². The summed E-state index contributed by atoms with van der Waals surface area (Å²) in [5.74, 6) is 1.62. The third-order valence-corrected chi connectivity index (χ3v) is 4.52. The molecule has 1 N–H and O–H groups in total. The van der Waals surface area contributed by atoms with Crippen molar-refractivity contribution in [1.29, 1.82) is 0 Å². The molecule has 88 valence electrons. The summed E-state index contributed by atoms with van der Waals surface area (Å²) in [5, 5.41) is 9.33. The van der Waals surface area contributed by atoms with Crippen molar-refractivity contribution in [2.75, 3.05) is 24.7 Å². The van der Waals surface area contributed by atoms with Gasteiger partial charge in [-0.3, -0.25) is 0 Å². The normalized spacial score (nSPS) is 23.9. The molecule has 15 heavy (non-hydrogen) atoms. The smallest absolute Gasteiger partial charge is 0.136 e. The maximum absolute atomic E-state index is 9.33. The van der Waals surface area contributed by atoms with E-state index < -0.39 is 6.10 Å². The van der Waals surface area contributed by atoms with Gasteiger partial charge in [0, 0.05) is 24.7 Å². The predicted octanol–water partition coefficient (Wildman–Crippen LogP) is 2.34. The van der Waals surface area contributed by atoms with Crippen molar-refractivity contribution in [1.82, 2.24) is 4.90 Å². The molecular weight excluding hydrogens is 250 g/mol. The Labute approximate surface area is 106 Å². The first-order valence-electron chi connectivity index (χ1n) is 5.29. The van der Waals surface area contributed by atoms with Crippen molar-refractivity contribution >= 4 is 39.9 Å². The molecule has 2 nitrogen and oxygen atoms in total. The van der Waals surface area contributed by atoms with Crippen LogP contribution < -0.4 is 0 Å². The van der Waals surface area contributed by atoms with Gasteiger partial charge in [0.1, 0.15) is 4.32 Å². The van der Waals surface area contributed by atoms with Gasteiger partial charge in [-0.15, -0.1) is 11.6 Å². The standard InChI is InChI=1S/C10H18ClNOS2/c1-8-3-2-4-12(6-8)10(14)15-7-9(13)5-11/h8-9,13H,2-7H2,1H3. The summed E-state index contributed by atoms with van der Waals surface area (Å²) in [6.07, 6.45) is 2.07. The Hall–Kier alpha value is 0.490. The van der Waals surface area contributed by atoms with Crippen molar-refractivity contribution < 1.29 is 5.11 Å². The Morgan fingerprint density at radius 2 is 2.47 bits per heavy atom. The van der Waals surface area contributed by atoms with Gasteiger partial charge in [-0.05, 0) is 18.8 Å². The molecule has 0 aromatic rings. The van der Waals surface area contributed by atoms with Crippen LogP contribution in [0.4, 0.5) is 0 Å². The minimum absolute atomic E-state index is 0.284. The monoisotopic (exact) mass is 267 g/mol. The van der Waals surface area contributed by atoms with Gasteiger partial charge in [0.2, 0.25) is 0 Å². The molecule has 0 spiro atoms. The molecule has 0 saturated carbocycles. The van der Waals surface area contributed by atoms with E-state index >= 15 is 0 Å². The van der Waals surface area contributed by atoms with Crippen LogP contribution in [0.1, 0.15) is 19.8 Å². The molecule has 1 aliphatic rings. The van der Waals surface area contributed by atoms with Crippen LogP contribution in [0.25, 0.3) is 0 Å². The number of aliphatic hydroxyl groups excluding tert-OH is 1. The molecule has 1 rings (SSSR count). The van der Waals surface area contributed by atoms with Gasteiger partial charge in [0.05, 0.1) is 6.10 Å². The fourth-order valence-corrected chi connectivity index (χ4v) is 3.07. The lowest BCUT2D eigenvalue weighted by atomic mass is 10.0. The maximum Gasteiger partial charge on any atom is 0.136 e. The number of likely N-dealkylation sites (tertiary alicyclic amines) is 1. The molecule has 0 amide bonds. The molecule has 0 radical (unpaired) electrons. The molecular formula is C10H18ClNOS2. The van der Waals surface area contributed by atoms with Crippen LogP contribution in [0.15, 0.2) is 0 Å². The quantitative estimate of drug-likeness (QED) is 0.626. The van der Waals surface area contributed by atoms with Crippen LogP contribution in [-0.2, 0) is 0 Å². The second kappa shape index (κ2) is 6.94. The van der Waals surface area contributed by atoms with Crippen molar-refractivity contribution in [3.63, 3.8) is 0 Å². The number of halogens is 1. The van der Waals surface area contributed by atoms with Crippen LogP contribution in [0, 0.1) is 5.92 Å². The summed E-state index contributed by atoms with van der Waals surface area (Å²) in [5.41, 5.74) is 0. The number of thioether (sulfide) groups is 1. The molecule has 1 aliphatic heterocycles. The van der Waals surface area contributed by atoms with Gasteiger partial charge in [-0.25, -0.2) is 0 Å². The number of piperidine rings is 1. The number of hydrogen-bond acceptors (Lipinski definition) is 3. The first kappa shape index (κ1) is 13.6. The van der Waals surface area contributed by atoms with Crippen molar-refractivity contribution in [3.8, 4) is 0 Å². The number of rotatable bonds is 3. The topological polar surface area (TPSA) is 23.5 Å². The van der Waals surface area contributed by atoms with Gasteiger partial charge in [-0.1, -0.05) is 30.9 Å². The van der Waals surface area contributed by atoms with E-state index in [1.54, 1.807) is 11.8 Å². The van der Waals surface area contributed by atoms with Gasteiger partial charge in [0.25, 0.3) is 0 Å². The van der Waals surface area contributed by atoms with Gasteiger partial charge < -0.3 is 10.0 Å². The van der Waals surface area contributed by atoms with E-state index in [0.29, 0.717) is 5.75 Å². The summed E-state index contributed by atoms with van der Waals surface area (Å²) in [6, 6.07) is 0. The average molecular weight is 268 g/mol. The highest BCUT2D eigenvalue weighted by atomic mass is 35.5. The minimum Gasteiger partial charge on any atom is -0.391 e. The SMILES string of the molecule is CC1CCCN(C(=S)SCC(O)CCl)C1. The third-order valence-electron chi connectivity index (χ3n) is 2.49. The predicted molar refractivity (Wildman–Crippen MR) is 71.8 cm³/mol. The Morgan fingerprint density at radius 1 is 1.73 bits per heavy atom. The number of alkyl halides is 1. The molecule has 0 bridgehead atoms. The molecule has 0 aliphatic carbocycles. The van der Waals surface area contributed by atoms with E-state index in [0.717, 1.165) is 23.3 Å². The van der Waals surface area contributed by atoms with Crippen LogP contribution in [0.5, 0.6) is 0 Å². The summed E-state index contributed by atoms with van der Waals surface area (Å²) in [6.45, 7) is 4.38. The van der Waals surface area contributed by atoms with Crippen LogP contribution >= 0.6 is 35.6 Å².